The van der Waals surface area contributed by atoms with E-state index >= 15 is 0 Å². The van der Waals surface area contributed by atoms with Crippen LogP contribution in [0, 0.1) is 6.92 Å². The van der Waals surface area contributed by atoms with Crippen LogP contribution in [0.5, 0.6) is 11.5 Å². The Balaban J connectivity index is 1.83. The Labute approximate surface area is 162 Å². The van der Waals surface area contributed by atoms with Gasteiger partial charge in [-0.05, 0) is 56.2 Å². The number of aryl methyl sites for hydroxylation is 1. The smallest absolute Gasteiger partial charge is 0.265 e. The Bertz CT molecular complexity index is 680. The highest BCUT2D eigenvalue weighted by Gasteiger charge is 2.18. The van der Waals surface area contributed by atoms with E-state index in [0.717, 1.165) is 30.0 Å². The van der Waals surface area contributed by atoms with Crippen molar-refractivity contribution in [3.63, 3.8) is 0 Å². The first kappa shape index (κ1) is 20.8. The maximum atomic E-state index is 12.5. The molecule has 2 aromatic carbocycles. The van der Waals surface area contributed by atoms with Crippen LogP contribution in [0.1, 0.15) is 51.5 Å². The zero-order valence-electron chi connectivity index (χ0n) is 16.7. The maximum Gasteiger partial charge on any atom is 0.265 e. The third-order valence-corrected chi connectivity index (χ3v) is 4.35. The molecule has 2 aromatic rings. The number of unbranched alkanes of at least 4 members (excludes halogenated alkanes) is 3. The van der Waals surface area contributed by atoms with Gasteiger partial charge >= 0.3 is 0 Å². The fourth-order valence-corrected chi connectivity index (χ4v) is 2.68. The van der Waals surface area contributed by atoms with Crippen molar-refractivity contribution >= 4 is 11.6 Å². The SMILES string of the molecule is CCCCCCOc1ccc(NC(=O)[C@H](CC)Oc2ccc(C)cc2)cc1. The molecule has 1 atom stereocenters. The molecule has 0 spiro atoms. The Kier molecular flexibility index (Phi) is 8.69. The lowest BCUT2D eigenvalue weighted by Gasteiger charge is -2.17. The van der Waals surface area contributed by atoms with Gasteiger partial charge in [-0.2, -0.15) is 0 Å². The fourth-order valence-electron chi connectivity index (χ4n) is 2.68. The molecular formula is C23H31NO3. The van der Waals surface area contributed by atoms with Gasteiger partial charge in [-0.3, -0.25) is 4.79 Å². The predicted molar refractivity (Wildman–Crippen MR) is 111 cm³/mol. The van der Waals surface area contributed by atoms with Crippen LogP contribution in [0.2, 0.25) is 0 Å². The molecular weight excluding hydrogens is 338 g/mol. The molecule has 0 bridgehead atoms. The van der Waals surface area contributed by atoms with E-state index in [1.165, 1.54) is 19.3 Å². The van der Waals surface area contributed by atoms with Crippen LogP contribution in [0.15, 0.2) is 48.5 Å². The number of hydrogen-bond acceptors (Lipinski definition) is 3. The summed E-state index contributed by atoms with van der Waals surface area (Å²) in [5.41, 5.74) is 1.90. The van der Waals surface area contributed by atoms with Gasteiger partial charge < -0.3 is 14.8 Å². The first-order valence-corrected chi connectivity index (χ1v) is 9.89. The minimum absolute atomic E-state index is 0.147. The highest BCUT2D eigenvalue weighted by atomic mass is 16.5. The lowest BCUT2D eigenvalue weighted by Crippen LogP contribution is -2.32. The van der Waals surface area contributed by atoms with E-state index < -0.39 is 6.10 Å². The zero-order chi connectivity index (χ0) is 19.5. The summed E-state index contributed by atoms with van der Waals surface area (Å²) >= 11 is 0. The van der Waals surface area contributed by atoms with Gasteiger partial charge in [0.2, 0.25) is 0 Å². The van der Waals surface area contributed by atoms with Gasteiger partial charge in [0, 0.05) is 5.69 Å². The second-order valence-electron chi connectivity index (χ2n) is 6.75. The van der Waals surface area contributed by atoms with Crippen LogP contribution in [0.25, 0.3) is 0 Å². The predicted octanol–water partition coefficient (Wildman–Crippen LogP) is 5.75. The molecule has 0 radical (unpaired) electrons. The van der Waals surface area contributed by atoms with E-state index in [2.05, 4.69) is 12.2 Å². The molecule has 0 fully saturated rings. The number of rotatable bonds is 11. The minimum Gasteiger partial charge on any atom is -0.494 e. The Morgan fingerprint density at radius 1 is 0.926 bits per heavy atom. The van der Waals surface area contributed by atoms with Crippen molar-refractivity contribution in [1.82, 2.24) is 0 Å². The Morgan fingerprint density at radius 3 is 2.22 bits per heavy atom. The highest BCUT2D eigenvalue weighted by Crippen LogP contribution is 2.19. The highest BCUT2D eigenvalue weighted by molar-refractivity contribution is 5.94. The van der Waals surface area contributed by atoms with E-state index in [1.54, 1.807) is 0 Å². The molecule has 0 aromatic heterocycles. The Morgan fingerprint density at radius 2 is 1.59 bits per heavy atom. The van der Waals surface area contributed by atoms with Gasteiger partial charge in [0.25, 0.3) is 5.91 Å². The summed E-state index contributed by atoms with van der Waals surface area (Å²) in [5, 5.41) is 2.92. The Hall–Kier alpha value is -2.49. The van der Waals surface area contributed by atoms with E-state index in [4.69, 9.17) is 9.47 Å². The number of benzene rings is 2. The van der Waals surface area contributed by atoms with E-state index in [0.29, 0.717) is 12.2 Å². The normalized spacial score (nSPS) is 11.7. The van der Waals surface area contributed by atoms with Crippen LogP contribution in [-0.2, 0) is 4.79 Å². The largest absolute Gasteiger partial charge is 0.494 e. The van der Waals surface area contributed by atoms with Gasteiger partial charge in [-0.15, -0.1) is 0 Å². The molecule has 27 heavy (non-hydrogen) atoms. The topological polar surface area (TPSA) is 47.6 Å². The standard InChI is InChI=1S/C23H31NO3/c1-4-6-7-8-17-26-20-15-11-19(12-16-20)24-23(25)22(5-2)27-21-13-9-18(3)10-14-21/h9-16,22H,4-8,17H2,1-3H3,(H,24,25)/t22-/m0/s1. The molecule has 1 N–H and O–H groups in total. The average molecular weight is 370 g/mol. The van der Waals surface area contributed by atoms with Gasteiger partial charge in [0.05, 0.1) is 6.61 Å². The molecule has 4 nitrogen and oxygen atoms in total. The third kappa shape index (κ3) is 7.33. The van der Waals surface area contributed by atoms with Crippen molar-refractivity contribution in [1.29, 1.82) is 0 Å². The van der Waals surface area contributed by atoms with Crippen LogP contribution >= 0.6 is 0 Å². The second-order valence-corrected chi connectivity index (χ2v) is 6.75. The minimum atomic E-state index is -0.526. The number of ether oxygens (including phenoxy) is 2. The molecule has 2 rings (SSSR count). The van der Waals surface area contributed by atoms with Crippen molar-refractivity contribution < 1.29 is 14.3 Å². The summed E-state index contributed by atoms with van der Waals surface area (Å²) in [6.07, 6.45) is 4.81. The zero-order valence-corrected chi connectivity index (χ0v) is 16.7. The van der Waals surface area contributed by atoms with E-state index in [1.807, 2.05) is 62.4 Å². The lowest BCUT2D eigenvalue weighted by molar-refractivity contribution is -0.122. The number of nitrogens with one attached hydrogen (secondary N) is 1. The van der Waals surface area contributed by atoms with Crippen molar-refractivity contribution in [2.75, 3.05) is 11.9 Å². The fraction of sp³-hybridized carbons (Fsp3) is 0.435. The lowest BCUT2D eigenvalue weighted by atomic mass is 10.2. The van der Waals surface area contributed by atoms with Gasteiger partial charge in [-0.1, -0.05) is 50.8 Å². The summed E-state index contributed by atoms with van der Waals surface area (Å²) < 4.78 is 11.6. The van der Waals surface area contributed by atoms with Crippen LogP contribution in [0.4, 0.5) is 5.69 Å². The number of carbonyl (C=O) groups is 1. The molecule has 1 amide bonds. The van der Waals surface area contributed by atoms with Crippen molar-refractivity contribution in [3.05, 3.63) is 54.1 Å². The number of amides is 1. The van der Waals surface area contributed by atoms with Gasteiger partial charge in [0.1, 0.15) is 11.5 Å². The summed E-state index contributed by atoms with van der Waals surface area (Å²) in [6.45, 7) is 6.89. The van der Waals surface area contributed by atoms with Crippen molar-refractivity contribution in [2.45, 2.75) is 59.0 Å². The third-order valence-electron chi connectivity index (χ3n) is 4.35. The number of anilines is 1. The molecule has 4 heteroatoms. The van der Waals surface area contributed by atoms with E-state index in [9.17, 15) is 4.79 Å². The molecule has 0 heterocycles. The molecule has 146 valence electrons. The van der Waals surface area contributed by atoms with Crippen LogP contribution in [0.3, 0.4) is 0 Å². The number of hydrogen-bond donors (Lipinski definition) is 1. The molecule has 0 aliphatic rings. The van der Waals surface area contributed by atoms with Crippen LogP contribution < -0.4 is 14.8 Å². The first-order chi connectivity index (χ1) is 13.1. The monoisotopic (exact) mass is 369 g/mol. The van der Waals surface area contributed by atoms with E-state index in [-0.39, 0.29) is 5.91 Å². The second kappa shape index (κ2) is 11.3. The molecule has 0 saturated carbocycles. The van der Waals surface area contributed by atoms with Gasteiger partial charge in [-0.25, -0.2) is 0 Å². The summed E-state index contributed by atoms with van der Waals surface area (Å²) in [5.74, 6) is 1.38. The first-order valence-electron chi connectivity index (χ1n) is 9.89. The average Bonchev–Trinajstić information content (AvgIpc) is 2.68. The van der Waals surface area contributed by atoms with Crippen molar-refractivity contribution in [3.8, 4) is 11.5 Å². The number of carbonyl (C=O) groups excluding carboxylic acids is 1. The molecule has 0 unspecified atom stereocenters. The van der Waals surface area contributed by atoms with Crippen molar-refractivity contribution in [2.24, 2.45) is 0 Å². The summed E-state index contributed by atoms with van der Waals surface area (Å²) in [4.78, 5) is 12.5. The quantitative estimate of drug-likeness (QED) is 0.513. The maximum absolute atomic E-state index is 12.5. The molecule has 0 saturated heterocycles. The van der Waals surface area contributed by atoms with Gasteiger partial charge in [0.15, 0.2) is 6.10 Å². The summed E-state index contributed by atoms with van der Waals surface area (Å²) in [7, 11) is 0. The molecule has 0 aliphatic heterocycles. The summed E-state index contributed by atoms with van der Waals surface area (Å²) in [6, 6.07) is 15.2. The van der Waals surface area contributed by atoms with Crippen LogP contribution in [-0.4, -0.2) is 18.6 Å². The molecule has 0 aliphatic carbocycles.